The van der Waals surface area contributed by atoms with Gasteiger partial charge in [-0.15, -0.1) is 0 Å². The standard InChI is InChI=1S/C19H23NO2/c1-4-22-18(21)17-19(2,3)15-12-8-11-14(15)16(20-17)13-9-6-5-7-10-13/h5-12,14,16-17,20H,4H2,1-3H3/t14-,16+,17-/m1/s1. The van der Waals surface area contributed by atoms with Crippen molar-refractivity contribution < 1.29 is 9.53 Å². The van der Waals surface area contributed by atoms with Gasteiger partial charge in [-0.1, -0.05) is 68.0 Å². The molecule has 3 atom stereocenters. The van der Waals surface area contributed by atoms with E-state index < -0.39 is 0 Å². The van der Waals surface area contributed by atoms with Crippen molar-refractivity contribution in [1.29, 1.82) is 0 Å². The number of hydrogen-bond acceptors (Lipinski definition) is 3. The van der Waals surface area contributed by atoms with Crippen LogP contribution < -0.4 is 5.32 Å². The molecule has 22 heavy (non-hydrogen) atoms. The number of carbonyl (C=O) groups is 1. The van der Waals surface area contributed by atoms with Crippen LogP contribution in [0.2, 0.25) is 0 Å². The van der Waals surface area contributed by atoms with Crippen molar-refractivity contribution >= 4 is 5.97 Å². The molecule has 1 aromatic carbocycles. The van der Waals surface area contributed by atoms with Crippen LogP contribution in [0.5, 0.6) is 0 Å². The molecular formula is C19H23NO2. The highest BCUT2D eigenvalue weighted by Crippen LogP contribution is 2.48. The third-order valence-corrected chi connectivity index (χ3v) is 4.81. The van der Waals surface area contributed by atoms with Crippen LogP contribution in [0.1, 0.15) is 32.4 Å². The first-order valence-corrected chi connectivity index (χ1v) is 7.92. The van der Waals surface area contributed by atoms with E-state index in [0.29, 0.717) is 12.5 Å². The number of rotatable bonds is 3. The highest BCUT2D eigenvalue weighted by molar-refractivity contribution is 5.78. The van der Waals surface area contributed by atoms with Crippen molar-refractivity contribution in [3.63, 3.8) is 0 Å². The van der Waals surface area contributed by atoms with E-state index in [4.69, 9.17) is 4.74 Å². The maximum Gasteiger partial charge on any atom is 0.324 e. The van der Waals surface area contributed by atoms with Crippen LogP contribution in [-0.2, 0) is 9.53 Å². The van der Waals surface area contributed by atoms with E-state index in [2.05, 4.69) is 49.5 Å². The van der Waals surface area contributed by atoms with E-state index in [0.717, 1.165) is 0 Å². The molecular weight excluding hydrogens is 274 g/mol. The molecule has 0 bridgehead atoms. The SMILES string of the molecule is CCOC(=O)[C@H]1N[C@@H](c2ccccc2)[C@@H]2C=CC=C2C1(C)C. The summed E-state index contributed by atoms with van der Waals surface area (Å²) in [5, 5.41) is 3.55. The molecule has 3 heteroatoms. The Kier molecular flexibility index (Phi) is 3.92. The number of ether oxygens (including phenoxy) is 1. The summed E-state index contributed by atoms with van der Waals surface area (Å²) in [6.07, 6.45) is 6.49. The van der Waals surface area contributed by atoms with Crippen LogP contribution >= 0.6 is 0 Å². The molecule has 0 radical (unpaired) electrons. The van der Waals surface area contributed by atoms with Crippen LogP contribution in [0.15, 0.2) is 54.1 Å². The predicted molar refractivity (Wildman–Crippen MR) is 87.2 cm³/mol. The molecule has 0 unspecified atom stereocenters. The lowest BCUT2D eigenvalue weighted by Gasteiger charge is -2.46. The maximum absolute atomic E-state index is 12.4. The number of nitrogens with one attached hydrogen (secondary N) is 1. The van der Waals surface area contributed by atoms with Gasteiger partial charge in [0, 0.05) is 17.4 Å². The van der Waals surface area contributed by atoms with E-state index in [-0.39, 0.29) is 23.5 Å². The van der Waals surface area contributed by atoms with Crippen molar-refractivity contribution in [2.75, 3.05) is 6.61 Å². The van der Waals surface area contributed by atoms with E-state index in [1.54, 1.807) is 0 Å². The molecule has 1 heterocycles. The van der Waals surface area contributed by atoms with Gasteiger partial charge in [0.05, 0.1) is 6.61 Å². The van der Waals surface area contributed by atoms with Gasteiger partial charge in [-0.2, -0.15) is 0 Å². The predicted octanol–water partition coefficient (Wildman–Crippen LogP) is 3.40. The number of piperidine rings is 1. The van der Waals surface area contributed by atoms with Crippen LogP contribution in [0, 0.1) is 11.3 Å². The van der Waals surface area contributed by atoms with Crippen LogP contribution in [-0.4, -0.2) is 18.6 Å². The van der Waals surface area contributed by atoms with Gasteiger partial charge in [0.15, 0.2) is 0 Å². The Labute approximate surface area is 132 Å². The fourth-order valence-corrected chi connectivity index (χ4v) is 3.64. The largest absolute Gasteiger partial charge is 0.465 e. The van der Waals surface area contributed by atoms with Gasteiger partial charge in [-0.3, -0.25) is 10.1 Å². The molecule has 2 aliphatic rings. The zero-order valence-electron chi connectivity index (χ0n) is 13.4. The van der Waals surface area contributed by atoms with Gasteiger partial charge >= 0.3 is 5.97 Å². The van der Waals surface area contributed by atoms with Crippen LogP contribution in [0.25, 0.3) is 0 Å². The van der Waals surface area contributed by atoms with Gasteiger partial charge in [0.25, 0.3) is 0 Å². The second-order valence-corrected chi connectivity index (χ2v) is 6.49. The first kappa shape index (κ1) is 15.0. The Balaban J connectivity index is 1.98. The Morgan fingerprint density at radius 2 is 2.00 bits per heavy atom. The summed E-state index contributed by atoms with van der Waals surface area (Å²) in [7, 11) is 0. The van der Waals surface area contributed by atoms with Gasteiger partial charge in [-0.05, 0) is 12.5 Å². The molecule has 3 rings (SSSR count). The Morgan fingerprint density at radius 3 is 2.68 bits per heavy atom. The molecule has 0 aromatic heterocycles. The first-order valence-electron chi connectivity index (χ1n) is 7.92. The second-order valence-electron chi connectivity index (χ2n) is 6.49. The van der Waals surface area contributed by atoms with Crippen molar-refractivity contribution in [2.45, 2.75) is 32.9 Å². The minimum Gasteiger partial charge on any atom is -0.465 e. The third-order valence-electron chi connectivity index (χ3n) is 4.81. The fourth-order valence-electron chi connectivity index (χ4n) is 3.64. The van der Waals surface area contributed by atoms with Crippen molar-refractivity contribution in [3.8, 4) is 0 Å². The zero-order chi connectivity index (χ0) is 15.7. The van der Waals surface area contributed by atoms with Crippen molar-refractivity contribution in [3.05, 3.63) is 59.7 Å². The lowest BCUT2D eigenvalue weighted by molar-refractivity contribution is -0.149. The number of esters is 1. The Morgan fingerprint density at radius 1 is 1.27 bits per heavy atom. The average molecular weight is 297 g/mol. The summed E-state index contributed by atoms with van der Waals surface area (Å²) in [6.45, 7) is 6.49. The number of carbonyl (C=O) groups excluding carboxylic acids is 1. The number of fused-ring (bicyclic) bond motifs is 1. The quantitative estimate of drug-likeness (QED) is 0.869. The first-order chi connectivity index (χ1) is 10.6. The summed E-state index contributed by atoms with van der Waals surface area (Å²) >= 11 is 0. The normalized spacial score (nSPS) is 28.9. The van der Waals surface area contributed by atoms with Crippen LogP contribution in [0.3, 0.4) is 0 Å². The number of allylic oxidation sites excluding steroid dienone is 2. The molecule has 1 saturated heterocycles. The molecule has 116 valence electrons. The number of benzene rings is 1. The van der Waals surface area contributed by atoms with Gasteiger partial charge in [-0.25, -0.2) is 0 Å². The Hall–Kier alpha value is -1.87. The topological polar surface area (TPSA) is 38.3 Å². The van der Waals surface area contributed by atoms with Gasteiger partial charge in [0.2, 0.25) is 0 Å². The summed E-state index contributed by atoms with van der Waals surface area (Å²) in [4.78, 5) is 12.4. The molecule has 0 saturated carbocycles. The summed E-state index contributed by atoms with van der Waals surface area (Å²) < 4.78 is 5.30. The average Bonchev–Trinajstić information content (AvgIpc) is 2.99. The zero-order valence-corrected chi connectivity index (χ0v) is 13.4. The lowest BCUT2D eigenvalue weighted by Crippen LogP contribution is -2.57. The second kappa shape index (κ2) is 5.73. The van der Waals surface area contributed by atoms with E-state index in [9.17, 15) is 4.79 Å². The third kappa shape index (κ3) is 2.40. The summed E-state index contributed by atoms with van der Waals surface area (Å²) in [6, 6.07) is 10.1. The van der Waals surface area contributed by atoms with Crippen LogP contribution in [0.4, 0.5) is 0 Å². The molecule has 1 N–H and O–H groups in total. The van der Waals surface area contributed by atoms with E-state index in [1.807, 2.05) is 25.1 Å². The smallest absolute Gasteiger partial charge is 0.324 e. The molecule has 1 fully saturated rings. The fraction of sp³-hybridized carbons (Fsp3) is 0.421. The molecule has 1 aliphatic heterocycles. The molecule has 0 spiro atoms. The highest BCUT2D eigenvalue weighted by Gasteiger charge is 2.49. The molecule has 1 aromatic rings. The maximum atomic E-state index is 12.4. The van der Waals surface area contributed by atoms with Crippen molar-refractivity contribution in [2.24, 2.45) is 11.3 Å². The van der Waals surface area contributed by atoms with E-state index >= 15 is 0 Å². The summed E-state index contributed by atoms with van der Waals surface area (Å²) in [5.74, 6) is 0.128. The lowest BCUT2D eigenvalue weighted by atomic mass is 9.66. The monoisotopic (exact) mass is 297 g/mol. The molecule has 0 amide bonds. The minimum atomic E-state index is -0.333. The Bertz CT molecular complexity index is 616. The summed E-state index contributed by atoms with van der Waals surface area (Å²) in [5.41, 5.74) is 2.25. The van der Waals surface area contributed by atoms with Crippen molar-refractivity contribution in [1.82, 2.24) is 5.32 Å². The number of hydrogen-bond donors (Lipinski definition) is 1. The van der Waals surface area contributed by atoms with Gasteiger partial charge in [0.1, 0.15) is 6.04 Å². The molecule has 1 aliphatic carbocycles. The van der Waals surface area contributed by atoms with Gasteiger partial charge < -0.3 is 4.74 Å². The van der Waals surface area contributed by atoms with E-state index in [1.165, 1.54) is 11.1 Å². The highest BCUT2D eigenvalue weighted by atomic mass is 16.5. The minimum absolute atomic E-state index is 0.105. The molecule has 3 nitrogen and oxygen atoms in total.